The average molecular weight is 206 g/mol. The van der Waals surface area contributed by atoms with Crippen LogP contribution in [0.5, 0.6) is 0 Å². The second-order valence-electron chi connectivity index (χ2n) is 1.85. The Hall–Kier alpha value is 1.22. The third-order valence-electron chi connectivity index (χ3n) is 0.500. The van der Waals surface area contributed by atoms with E-state index in [0.717, 1.165) is 0 Å². The van der Waals surface area contributed by atoms with Crippen LogP contribution in [0, 0.1) is 0 Å². The monoisotopic (exact) mass is 206 g/mol. The quantitative estimate of drug-likeness (QED) is 0.661. The summed E-state index contributed by atoms with van der Waals surface area (Å²) >= 11 is 1.25. The van der Waals surface area contributed by atoms with Gasteiger partial charge < -0.3 is 0 Å². The first-order valence-corrected chi connectivity index (χ1v) is 12.6. The first-order chi connectivity index (χ1) is 2.77. The van der Waals surface area contributed by atoms with Crippen molar-refractivity contribution < 1.29 is 0 Å². The van der Waals surface area contributed by atoms with E-state index in [1.54, 1.807) is 0 Å². The van der Waals surface area contributed by atoms with Crippen LogP contribution < -0.4 is 0 Å². The first-order valence-electron chi connectivity index (χ1n) is 2.26. The topological polar surface area (TPSA) is 0 Å². The maximum absolute atomic E-state index is 2.44. The molecule has 0 aliphatic rings. The summed E-state index contributed by atoms with van der Waals surface area (Å²) in [5.41, 5.74) is 0. The summed E-state index contributed by atoms with van der Waals surface area (Å²) < 4.78 is 6.39. The second kappa shape index (κ2) is 4.38. The van der Waals surface area contributed by atoms with E-state index in [1.165, 1.54) is 3.51 Å². The third kappa shape index (κ3) is 5.22. The van der Waals surface area contributed by atoms with Crippen molar-refractivity contribution in [1.82, 2.24) is 0 Å². The summed E-state index contributed by atoms with van der Waals surface area (Å²) in [6, 6.07) is 0. The molecule has 0 rings (SSSR count). The van der Waals surface area contributed by atoms with Crippen molar-refractivity contribution in [3.8, 4) is 0 Å². The molecule has 0 heterocycles. The van der Waals surface area contributed by atoms with Crippen molar-refractivity contribution in [3.63, 3.8) is 0 Å². The molecule has 0 aromatic heterocycles. The molecule has 0 aromatic rings. The van der Waals surface area contributed by atoms with Gasteiger partial charge in [-0.3, -0.25) is 0 Å². The summed E-state index contributed by atoms with van der Waals surface area (Å²) in [7, 11) is 0. The van der Waals surface area contributed by atoms with Gasteiger partial charge in [0.15, 0.2) is 0 Å². The number of thioether (sulfide) groups is 1. The van der Waals surface area contributed by atoms with Gasteiger partial charge in [-0.15, -0.1) is 0 Å². The van der Waals surface area contributed by atoms with Gasteiger partial charge in [-0.25, -0.2) is 0 Å². The molecular weight excluding hydrogens is 195 g/mol. The predicted octanol–water partition coefficient (Wildman–Crippen LogP) is 1.64. The van der Waals surface area contributed by atoms with E-state index in [4.69, 9.17) is 0 Å². The molecule has 0 spiro atoms. The molecule has 0 amide bonds. The summed E-state index contributed by atoms with van der Waals surface area (Å²) in [6.07, 6.45) is 2.19. The number of hydrogen-bond acceptors (Lipinski definition) is 1. The van der Waals surface area contributed by atoms with Crippen LogP contribution in [-0.2, 0) is 0 Å². The van der Waals surface area contributed by atoms with Gasteiger partial charge in [-0.05, 0) is 0 Å². The molecule has 0 aromatic carbocycles. The SMILES string of the molecule is CS[CH2][In]([CH3])[CH3]. The minimum absolute atomic E-state index is 0.755. The van der Waals surface area contributed by atoms with Crippen molar-refractivity contribution in [3.05, 3.63) is 0 Å². The van der Waals surface area contributed by atoms with E-state index >= 15 is 0 Å². The first kappa shape index (κ1) is 7.22. The molecule has 0 saturated heterocycles. The van der Waals surface area contributed by atoms with Crippen LogP contribution in [-0.4, -0.2) is 31.2 Å². The van der Waals surface area contributed by atoms with E-state index in [9.17, 15) is 0 Å². The standard InChI is InChI=1S/C2H5S.2CH3.In/c1-3-2;;;/h1H2,2H3;2*1H3;. The van der Waals surface area contributed by atoms with Gasteiger partial charge in [0.1, 0.15) is 0 Å². The molecule has 2 heteroatoms. The molecule has 0 nitrogen and oxygen atoms in total. The molecule has 0 radical (unpaired) electrons. The van der Waals surface area contributed by atoms with Gasteiger partial charge in [0.25, 0.3) is 0 Å². The molecule has 0 saturated carbocycles. The number of hydrogen-bond donors (Lipinski definition) is 0. The van der Waals surface area contributed by atoms with Crippen LogP contribution in [0.15, 0.2) is 0 Å². The molecule has 6 heavy (non-hydrogen) atoms. The van der Waals surface area contributed by atoms with Crippen molar-refractivity contribution in [1.29, 1.82) is 0 Å². The van der Waals surface area contributed by atoms with Gasteiger partial charge >= 0.3 is 52.3 Å². The van der Waals surface area contributed by atoms with Gasteiger partial charge in [-0.1, -0.05) is 0 Å². The van der Waals surface area contributed by atoms with Crippen molar-refractivity contribution in [2.45, 2.75) is 9.36 Å². The molecule has 0 unspecified atom stereocenters. The Morgan fingerprint density at radius 3 is 2.00 bits per heavy atom. The fourth-order valence-corrected chi connectivity index (χ4v) is 6.71. The van der Waals surface area contributed by atoms with Crippen LogP contribution in [0.3, 0.4) is 0 Å². The molecule has 0 atom stereocenters. The Labute approximate surface area is 52.2 Å². The Morgan fingerprint density at radius 2 is 2.00 bits per heavy atom. The predicted molar refractivity (Wildman–Crippen MR) is 35.9 cm³/mol. The van der Waals surface area contributed by atoms with Crippen molar-refractivity contribution in [2.75, 3.05) is 9.77 Å². The third-order valence-corrected chi connectivity index (χ3v) is 10.1. The Kier molecular flexibility index (Phi) is 5.27. The van der Waals surface area contributed by atoms with Crippen LogP contribution in [0.1, 0.15) is 0 Å². The van der Waals surface area contributed by atoms with Gasteiger partial charge in [0.05, 0.1) is 0 Å². The zero-order valence-corrected chi connectivity index (χ0v) is 8.80. The average Bonchev–Trinajstić information content (AvgIpc) is 1.35. The van der Waals surface area contributed by atoms with E-state index in [-0.39, 0.29) is 0 Å². The molecule has 0 fully saturated rings. The molecule has 0 aliphatic carbocycles. The van der Waals surface area contributed by atoms with E-state index in [2.05, 4.69) is 15.6 Å². The van der Waals surface area contributed by atoms with Crippen molar-refractivity contribution in [2.24, 2.45) is 0 Å². The summed E-state index contributed by atoms with van der Waals surface area (Å²) in [4.78, 5) is 0. The van der Waals surface area contributed by atoms with E-state index in [0.29, 0.717) is 0 Å². The molecular formula is C4H11InS. The second-order valence-corrected chi connectivity index (χ2v) is 13.6. The zero-order valence-electron chi connectivity index (χ0n) is 4.69. The summed E-state index contributed by atoms with van der Waals surface area (Å²) in [5.74, 6) is 0. The van der Waals surface area contributed by atoms with Gasteiger partial charge in [-0.2, -0.15) is 0 Å². The van der Waals surface area contributed by atoms with Crippen LogP contribution >= 0.6 is 11.8 Å². The summed E-state index contributed by atoms with van der Waals surface area (Å²) in [6.45, 7) is 0. The summed E-state index contributed by atoms with van der Waals surface area (Å²) in [5, 5.41) is 0. The maximum atomic E-state index is 2.44. The zero-order chi connectivity index (χ0) is 4.99. The number of rotatable bonds is 2. The fourth-order valence-electron chi connectivity index (χ4n) is 0.333. The van der Waals surface area contributed by atoms with Crippen LogP contribution in [0.2, 0.25) is 9.36 Å². The molecule has 0 aliphatic heterocycles. The van der Waals surface area contributed by atoms with Crippen LogP contribution in [0.25, 0.3) is 0 Å². The van der Waals surface area contributed by atoms with E-state index in [1.807, 2.05) is 11.8 Å². The van der Waals surface area contributed by atoms with Crippen LogP contribution in [0.4, 0.5) is 0 Å². The Morgan fingerprint density at radius 1 is 1.50 bits per heavy atom. The minimum atomic E-state index is -0.755. The van der Waals surface area contributed by atoms with Gasteiger partial charge in [0, 0.05) is 0 Å². The Bertz CT molecular complexity index is 28.7. The normalized spacial score (nSPS) is 8.50. The van der Waals surface area contributed by atoms with Gasteiger partial charge in [0.2, 0.25) is 0 Å². The molecule has 0 bridgehead atoms. The molecule has 0 N–H and O–H groups in total. The molecule has 36 valence electrons. The van der Waals surface area contributed by atoms with E-state index < -0.39 is 21.4 Å². The van der Waals surface area contributed by atoms with Crippen molar-refractivity contribution >= 4 is 33.2 Å². The fraction of sp³-hybridized carbons (Fsp3) is 1.00. The Balaban J connectivity index is 2.63.